The first-order valence-corrected chi connectivity index (χ1v) is 15.4. The summed E-state index contributed by atoms with van der Waals surface area (Å²) in [4.78, 5) is 21.7. The number of halogens is 3. The first-order chi connectivity index (χ1) is 19.2. The van der Waals surface area contributed by atoms with E-state index in [1.54, 1.807) is 0 Å². The SMILES string of the molecule is CCN(CC)CCN(C(=O)c1ccc(S(=O)(=O)N2CCc3ccccc3C2)cc1)c1nc2c(F)cc(F)cc2s1.Cl. The van der Waals surface area contributed by atoms with E-state index < -0.39 is 27.6 Å². The van der Waals surface area contributed by atoms with E-state index in [4.69, 9.17) is 0 Å². The van der Waals surface area contributed by atoms with Gasteiger partial charge in [0.15, 0.2) is 10.9 Å². The molecule has 1 amide bonds. The molecule has 7 nitrogen and oxygen atoms in total. The predicted molar refractivity (Wildman–Crippen MR) is 160 cm³/mol. The number of benzene rings is 3. The second-order valence-corrected chi connectivity index (χ2v) is 12.5. The Morgan fingerprint density at radius 1 is 1.00 bits per heavy atom. The van der Waals surface area contributed by atoms with E-state index in [-0.39, 0.29) is 40.1 Å². The average Bonchev–Trinajstić information content (AvgIpc) is 3.39. The third kappa shape index (κ3) is 6.44. The molecule has 2 heterocycles. The molecule has 12 heteroatoms. The summed E-state index contributed by atoms with van der Waals surface area (Å²) in [7, 11) is -3.76. The topological polar surface area (TPSA) is 73.8 Å². The summed E-state index contributed by atoms with van der Waals surface area (Å²) in [6, 6.07) is 15.6. The number of carbonyl (C=O) groups is 1. The number of amides is 1. The molecule has 218 valence electrons. The average molecular weight is 621 g/mol. The van der Waals surface area contributed by atoms with Crippen molar-refractivity contribution in [3.8, 4) is 0 Å². The molecule has 0 saturated carbocycles. The van der Waals surface area contributed by atoms with Crippen molar-refractivity contribution < 1.29 is 22.0 Å². The van der Waals surface area contributed by atoms with Crippen LogP contribution in [-0.2, 0) is 23.0 Å². The number of anilines is 1. The van der Waals surface area contributed by atoms with E-state index in [0.717, 1.165) is 41.6 Å². The zero-order chi connectivity index (χ0) is 28.4. The molecule has 5 rings (SSSR count). The van der Waals surface area contributed by atoms with Crippen molar-refractivity contribution in [2.45, 2.75) is 31.7 Å². The van der Waals surface area contributed by atoms with Gasteiger partial charge in [0.25, 0.3) is 5.91 Å². The van der Waals surface area contributed by atoms with Crippen LogP contribution in [0.4, 0.5) is 13.9 Å². The molecule has 0 fully saturated rings. The summed E-state index contributed by atoms with van der Waals surface area (Å²) in [5.41, 5.74) is 2.41. The van der Waals surface area contributed by atoms with Crippen molar-refractivity contribution in [1.29, 1.82) is 0 Å². The van der Waals surface area contributed by atoms with Crippen LogP contribution in [0.25, 0.3) is 10.2 Å². The Hall–Kier alpha value is -2.96. The van der Waals surface area contributed by atoms with Crippen LogP contribution < -0.4 is 4.90 Å². The van der Waals surface area contributed by atoms with Gasteiger partial charge in [-0.3, -0.25) is 9.69 Å². The normalized spacial score (nSPS) is 13.7. The van der Waals surface area contributed by atoms with Crippen molar-refractivity contribution in [1.82, 2.24) is 14.2 Å². The number of rotatable bonds is 9. The highest BCUT2D eigenvalue weighted by atomic mass is 35.5. The minimum atomic E-state index is -3.76. The third-order valence-electron chi connectivity index (χ3n) is 7.25. The zero-order valence-corrected chi connectivity index (χ0v) is 25.2. The van der Waals surface area contributed by atoms with Crippen molar-refractivity contribution in [2.75, 3.05) is 37.6 Å². The minimum Gasteiger partial charge on any atom is -0.302 e. The Kier molecular flexibility index (Phi) is 9.76. The molecule has 3 aromatic carbocycles. The zero-order valence-electron chi connectivity index (χ0n) is 22.7. The first-order valence-electron chi connectivity index (χ1n) is 13.2. The molecule has 1 aliphatic rings. The Labute approximate surface area is 248 Å². The van der Waals surface area contributed by atoms with Gasteiger partial charge in [0.2, 0.25) is 10.0 Å². The van der Waals surface area contributed by atoms with Gasteiger partial charge in [-0.05, 0) is 61.0 Å². The van der Waals surface area contributed by atoms with Crippen molar-refractivity contribution >= 4 is 55.0 Å². The summed E-state index contributed by atoms with van der Waals surface area (Å²) in [6.07, 6.45) is 0.639. The van der Waals surface area contributed by atoms with Crippen LogP contribution in [0.5, 0.6) is 0 Å². The fourth-order valence-electron chi connectivity index (χ4n) is 4.88. The first kappa shape index (κ1) is 31.0. The Bertz CT molecular complexity index is 1640. The van der Waals surface area contributed by atoms with E-state index in [1.807, 2.05) is 38.1 Å². The number of aromatic nitrogens is 1. The number of hydrogen-bond donors (Lipinski definition) is 0. The monoisotopic (exact) mass is 620 g/mol. The maximum absolute atomic E-state index is 14.4. The lowest BCUT2D eigenvalue weighted by molar-refractivity contribution is 0.0983. The van der Waals surface area contributed by atoms with Crippen LogP contribution in [0.1, 0.15) is 35.3 Å². The van der Waals surface area contributed by atoms with Crippen LogP contribution in [0.2, 0.25) is 0 Å². The minimum absolute atomic E-state index is 0. The number of likely N-dealkylation sites (N-methyl/N-ethyl adjacent to an activating group) is 1. The fraction of sp³-hybridized carbons (Fsp3) is 0.310. The number of nitrogens with zero attached hydrogens (tertiary/aromatic N) is 4. The van der Waals surface area contributed by atoms with Crippen LogP contribution in [-0.4, -0.2) is 61.2 Å². The molecule has 4 aromatic rings. The maximum Gasteiger partial charge on any atom is 0.260 e. The van der Waals surface area contributed by atoms with Crippen molar-refractivity contribution in [2.24, 2.45) is 0 Å². The second kappa shape index (κ2) is 12.9. The predicted octanol–water partition coefficient (Wildman–Crippen LogP) is 5.73. The van der Waals surface area contributed by atoms with Gasteiger partial charge >= 0.3 is 0 Å². The molecule has 1 aromatic heterocycles. The summed E-state index contributed by atoms with van der Waals surface area (Å²) >= 11 is 1.04. The van der Waals surface area contributed by atoms with Gasteiger partial charge in [-0.15, -0.1) is 12.4 Å². The lowest BCUT2D eigenvalue weighted by Crippen LogP contribution is -2.39. The molecule has 0 spiro atoms. The molecular weight excluding hydrogens is 590 g/mol. The highest BCUT2D eigenvalue weighted by molar-refractivity contribution is 7.89. The molecule has 0 saturated heterocycles. The van der Waals surface area contributed by atoms with Gasteiger partial charge < -0.3 is 4.90 Å². The van der Waals surface area contributed by atoms with Crippen LogP contribution in [0, 0.1) is 11.6 Å². The fourth-order valence-corrected chi connectivity index (χ4v) is 7.32. The summed E-state index contributed by atoms with van der Waals surface area (Å²) in [6.45, 7) is 7.11. The molecule has 0 radical (unpaired) electrons. The molecular formula is C29H31ClF2N4O3S2. The quantitative estimate of drug-likeness (QED) is 0.239. The van der Waals surface area contributed by atoms with Gasteiger partial charge in [-0.25, -0.2) is 22.2 Å². The van der Waals surface area contributed by atoms with Gasteiger partial charge in [0.1, 0.15) is 11.3 Å². The number of sulfonamides is 1. The molecule has 0 atom stereocenters. The highest BCUT2D eigenvalue weighted by Crippen LogP contribution is 2.32. The van der Waals surface area contributed by atoms with Gasteiger partial charge in [0.05, 0.1) is 9.60 Å². The second-order valence-electron chi connectivity index (χ2n) is 9.60. The van der Waals surface area contributed by atoms with Gasteiger partial charge in [-0.1, -0.05) is 49.4 Å². The third-order valence-corrected chi connectivity index (χ3v) is 10.1. The number of thiazole rings is 1. The highest BCUT2D eigenvalue weighted by Gasteiger charge is 2.29. The number of carbonyl (C=O) groups excluding carboxylic acids is 1. The summed E-state index contributed by atoms with van der Waals surface area (Å²) in [5.74, 6) is -1.90. The maximum atomic E-state index is 14.4. The molecule has 0 unspecified atom stereocenters. The van der Waals surface area contributed by atoms with Crippen molar-refractivity contribution in [3.05, 3.63) is 89.0 Å². The largest absolute Gasteiger partial charge is 0.302 e. The van der Waals surface area contributed by atoms with Crippen LogP contribution in [0.15, 0.2) is 65.6 Å². The Morgan fingerprint density at radius 2 is 1.68 bits per heavy atom. The standard InChI is InChI=1S/C29H30F2N4O3S2.ClH/c1-3-33(4-2)15-16-35(29-32-27-25(31)17-23(30)18-26(27)39-29)28(36)21-9-11-24(12-10-21)40(37,38)34-14-13-20-7-5-6-8-22(20)19-34;/h5-12,17-18H,3-4,13-16,19H2,1-2H3;1H. The number of hydrogen-bond acceptors (Lipinski definition) is 6. The Morgan fingerprint density at radius 3 is 2.37 bits per heavy atom. The van der Waals surface area contributed by atoms with E-state index >= 15 is 0 Å². The molecule has 41 heavy (non-hydrogen) atoms. The van der Waals surface area contributed by atoms with Gasteiger partial charge in [0, 0.05) is 37.8 Å². The van der Waals surface area contributed by atoms with E-state index in [9.17, 15) is 22.0 Å². The Balaban J connectivity index is 0.00000387. The molecule has 0 bridgehead atoms. The van der Waals surface area contributed by atoms with E-state index in [2.05, 4.69) is 9.88 Å². The van der Waals surface area contributed by atoms with Crippen molar-refractivity contribution in [3.63, 3.8) is 0 Å². The van der Waals surface area contributed by atoms with Gasteiger partial charge in [-0.2, -0.15) is 4.31 Å². The molecule has 0 aliphatic carbocycles. The lowest BCUT2D eigenvalue weighted by atomic mass is 10.0. The van der Waals surface area contributed by atoms with Crippen LogP contribution in [0.3, 0.4) is 0 Å². The van der Waals surface area contributed by atoms with E-state index in [1.165, 1.54) is 39.5 Å². The van der Waals surface area contributed by atoms with Crippen LogP contribution >= 0.6 is 23.7 Å². The molecule has 0 N–H and O–H groups in total. The van der Waals surface area contributed by atoms with E-state index in [0.29, 0.717) is 30.8 Å². The number of fused-ring (bicyclic) bond motifs is 2. The lowest BCUT2D eigenvalue weighted by Gasteiger charge is -2.28. The molecule has 1 aliphatic heterocycles. The summed E-state index contributed by atoms with van der Waals surface area (Å²) < 4.78 is 56.7. The smallest absolute Gasteiger partial charge is 0.260 e. The summed E-state index contributed by atoms with van der Waals surface area (Å²) in [5, 5.41) is 0.250.